The minimum atomic E-state index is -4.17. The Hall–Kier alpha value is -3.07. The van der Waals surface area contributed by atoms with E-state index in [1.807, 2.05) is 26.0 Å². The van der Waals surface area contributed by atoms with E-state index in [-0.39, 0.29) is 23.4 Å². The van der Waals surface area contributed by atoms with Gasteiger partial charge in [-0.05, 0) is 98.8 Å². The van der Waals surface area contributed by atoms with E-state index in [0.29, 0.717) is 15.7 Å². The molecule has 0 saturated heterocycles. The van der Waals surface area contributed by atoms with E-state index < -0.39 is 28.5 Å². The summed E-state index contributed by atoms with van der Waals surface area (Å²) in [6.45, 7) is 5.07. The molecule has 0 aromatic heterocycles. The molecule has 10 heteroatoms. The maximum Gasteiger partial charge on any atom is 0.264 e. The number of rotatable bonds is 10. The molecule has 3 aromatic rings. The van der Waals surface area contributed by atoms with Crippen molar-refractivity contribution in [2.24, 2.45) is 0 Å². The zero-order chi connectivity index (χ0) is 30.4. The topological polar surface area (TPSA) is 86.8 Å². The van der Waals surface area contributed by atoms with E-state index in [1.54, 1.807) is 37.3 Å². The molecule has 0 bridgehead atoms. The first-order valence-corrected chi connectivity index (χ1v) is 16.3. The van der Waals surface area contributed by atoms with Crippen LogP contribution in [0, 0.1) is 13.8 Å². The van der Waals surface area contributed by atoms with E-state index in [2.05, 4.69) is 5.32 Å². The first kappa shape index (κ1) is 31.9. The van der Waals surface area contributed by atoms with Gasteiger partial charge in [-0.2, -0.15) is 0 Å². The van der Waals surface area contributed by atoms with Crippen molar-refractivity contribution in [1.82, 2.24) is 10.2 Å². The molecule has 2 amide bonds. The summed E-state index contributed by atoms with van der Waals surface area (Å²) >= 11 is 12.3. The molecule has 1 fully saturated rings. The number of nitrogens with zero attached hydrogens (tertiary/aromatic N) is 2. The number of halogens is 2. The normalized spacial score (nSPS) is 14.7. The first-order valence-electron chi connectivity index (χ1n) is 14.2. The van der Waals surface area contributed by atoms with Crippen LogP contribution in [0.5, 0.6) is 0 Å². The smallest absolute Gasteiger partial charge is 0.264 e. The highest BCUT2D eigenvalue weighted by atomic mass is 35.5. The Bertz CT molecular complexity index is 1520. The fraction of sp³-hybridized carbons (Fsp3) is 0.375. The molecule has 3 aromatic carbocycles. The van der Waals surface area contributed by atoms with Crippen molar-refractivity contribution < 1.29 is 18.0 Å². The SMILES string of the molecule is Cc1ccc(N(CC(=O)N(Cc2cccc(Cl)c2)[C@H](C)C(=O)NC2CCCCC2)S(=O)(=O)c2ccc(Cl)cc2)cc1C. The third-order valence-electron chi connectivity index (χ3n) is 7.82. The molecule has 0 unspecified atom stereocenters. The molecule has 0 radical (unpaired) electrons. The molecule has 0 heterocycles. The Labute approximate surface area is 258 Å². The Morgan fingerprint density at radius 3 is 2.24 bits per heavy atom. The van der Waals surface area contributed by atoms with Crippen LogP contribution in [0.25, 0.3) is 0 Å². The summed E-state index contributed by atoms with van der Waals surface area (Å²) in [6, 6.07) is 17.4. The molecule has 1 saturated carbocycles. The fourth-order valence-electron chi connectivity index (χ4n) is 5.13. The van der Waals surface area contributed by atoms with Crippen molar-refractivity contribution in [3.05, 3.63) is 93.5 Å². The van der Waals surface area contributed by atoms with E-state index in [1.165, 1.54) is 29.2 Å². The number of benzene rings is 3. The van der Waals surface area contributed by atoms with Crippen LogP contribution < -0.4 is 9.62 Å². The van der Waals surface area contributed by atoms with Crippen LogP contribution in [0.2, 0.25) is 10.0 Å². The van der Waals surface area contributed by atoms with E-state index in [0.717, 1.165) is 53.1 Å². The Morgan fingerprint density at radius 2 is 1.60 bits per heavy atom. The number of carbonyl (C=O) groups is 2. The largest absolute Gasteiger partial charge is 0.352 e. The second kappa shape index (κ2) is 13.9. The third kappa shape index (κ3) is 7.85. The van der Waals surface area contributed by atoms with Crippen LogP contribution >= 0.6 is 23.2 Å². The summed E-state index contributed by atoms with van der Waals surface area (Å²) in [5.41, 5.74) is 2.95. The van der Waals surface area contributed by atoms with E-state index in [9.17, 15) is 18.0 Å². The van der Waals surface area contributed by atoms with Gasteiger partial charge in [0.1, 0.15) is 12.6 Å². The summed E-state index contributed by atoms with van der Waals surface area (Å²) in [5.74, 6) is -0.785. The highest BCUT2D eigenvalue weighted by Gasteiger charge is 2.33. The van der Waals surface area contributed by atoms with Gasteiger partial charge in [0, 0.05) is 22.6 Å². The average molecular weight is 631 g/mol. The van der Waals surface area contributed by atoms with E-state index >= 15 is 0 Å². The predicted molar refractivity (Wildman–Crippen MR) is 168 cm³/mol. The van der Waals surface area contributed by atoms with Gasteiger partial charge in [-0.1, -0.05) is 60.7 Å². The summed E-state index contributed by atoms with van der Waals surface area (Å²) in [4.78, 5) is 29.0. The zero-order valence-electron chi connectivity index (χ0n) is 24.1. The standard InChI is InChI=1S/C32H37Cl2N3O4S/c1-22-12-15-29(18-23(22)2)37(42(40,41)30-16-13-26(33)14-17-30)21-31(38)36(20-25-8-7-9-27(34)19-25)24(3)32(39)35-28-10-5-4-6-11-28/h7-9,12-19,24,28H,4-6,10-11,20-21H2,1-3H3,(H,35,39)/t24-/m1/s1. The molecule has 0 spiro atoms. The summed E-state index contributed by atoms with van der Waals surface area (Å²) in [7, 11) is -4.17. The fourth-order valence-corrected chi connectivity index (χ4v) is 6.87. The van der Waals surface area contributed by atoms with Gasteiger partial charge in [0.05, 0.1) is 10.6 Å². The van der Waals surface area contributed by atoms with Crippen LogP contribution in [0.1, 0.15) is 55.7 Å². The number of hydrogen-bond acceptors (Lipinski definition) is 4. The lowest BCUT2D eigenvalue weighted by Crippen LogP contribution is -2.53. The van der Waals surface area contributed by atoms with Gasteiger partial charge in [0.15, 0.2) is 0 Å². The summed E-state index contributed by atoms with van der Waals surface area (Å²) in [5, 5.41) is 4.01. The highest BCUT2D eigenvalue weighted by Crippen LogP contribution is 2.27. The van der Waals surface area contributed by atoms with Gasteiger partial charge in [-0.15, -0.1) is 0 Å². The lowest BCUT2D eigenvalue weighted by molar-refractivity contribution is -0.139. The van der Waals surface area contributed by atoms with Crippen molar-refractivity contribution in [2.75, 3.05) is 10.8 Å². The molecule has 1 atom stereocenters. The molecule has 1 N–H and O–H groups in total. The van der Waals surface area contributed by atoms with E-state index in [4.69, 9.17) is 23.2 Å². The minimum absolute atomic E-state index is 0.00223. The van der Waals surface area contributed by atoms with Crippen molar-refractivity contribution in [3.8, 4) is 0 Å². The minimum Gasteiger partial charge on any atom is -0.352 e. The van der Waals surface area contributed by atoms with Gasteiger partial charge in [0.2, 0.25) is 11.8 Å². The number of hydrogen-bond donors (Lipinski definition) is 1. The second-order valence-electron chi connectivity index (χ2n) is 10.9. The molecule has 4 rings (SSSR count). The van der Waals surface area contributed by atoms with Crippen LogP contribution in [-0.2, 0) is 26.2 Å². The molecule has 7 nitrogen and oxygen atoms in total. The molecular formula is C32H37Cl2N3O4S. The van der Waals surface area contributed by atoms with Crippen molar-refractivity contribution >= 4 is 50.7 Å². The number of carbonyl (C=O) groups excluding carboxylic acids is 2. The van der Waals surface area contributed by atoms with Crippen molar-refractivity contribution in [1.29, 1.82) is 0 Å². The highest BCUT2D eigenvalue weighted by molar-refractivity contribution is 7.92. The molecule has 224 valence electrons. The van der Waals surface area contributed by atoms with Crippen molar-refractivity contribution in [2.45, 2.75) is 76.4 Å². The molecule has 1 aliphatic rings. The van der Waals surface area contributed by atoms with Crippen LogP contribution in [0.15, 0.2) is 71.6 Å². The summed E-state index contributed by atoms with van der Waals surface area (Å²) < 4.78 is 29.1. The Kier molecular flexibility index (Phi) is 10.6. The average Bonchev–Trinajstić information content (AvgIpc) is 2.96. The third-order valence-corrected chi connectivity index (χ3v) is 10.1. The molecular weight excluding hydrogens is 593 g/mol. The van der Waals surface area contributed by atoms with Crippen LogP contribution in [0.4, 0.5) is 5.69 Å². The second-order valence-corrected chi connectivity index (χ2v) is 13.6. The van der Waals surface area contributed by atoms with Gasteiger partial charge in [-0.3, -0.25) is 13.9 Å². The lowest BCUT2D eigenvalue weighted by atomic mass is 9.95. The Balaban J connectivity index is 1.69. The zero-order valence-corrected chi connectivity index (χ0v) is 26.5. The molecule has 42 heavy (non-hydrogen) atoms. The number of amides is 2. The quantitative estimate of drug-likeness (QED) is 0.271. The predicted octanol–water partition coefficient (Wildman–Crippen LogP) is 6.67. The van der Waals surface area contributed by atoms with Crippen LogP contribution in [-0.4, -0.2) is 43.8 Å². The van der Waals surface area contributed by atoms with Gasteiger partial charge in [0.25, 0.3) is 10.0 Å². The number of sulfonamides is 1. The number of aryl methyl sites for hydroxylation is 2. The Morgan fingerprint density at radius 1 is 0.905 bits per heavy atom. The first-order chi connectivity index (χ1) is 20.0. The molecule has 1 aliphatic carbocycles. The lowest BCUT2D eigenvalue weighted by Gasteiger charge is -2.33. The number of nitrogens with one attached hydrogen (secondary N) is 1. The molecule has 0 aliphatic heterocycles. The maximum atomic E-state index is 14.1. The van der Waals surface area contributed by atoms with Crippen molar-refractivity contribution in [3.63, 3.8) is 0 Å². The van der Waals surface area contributed by atoms with Crippen LogP contribution in [0.3, 0.4) is 0 Å². The number of anilines is 1. The maximum absolute atomic E-state index is 14.1. The monoisotopic (exact) mass is 629 g/mol. The van der Waals surface area contributed by atoms with Gasteiger partial charge < -0.3 is 10.2 Å². The van der Waals surface area contributed by atoms with Gasteiger partial charge >= 0.3 is 0 Å². The summed E-state index contributed by atoms with van der Waals surface area (Å²) in [6.07, 6.45) is 5.06. The van der Waals surface area contributed by atoms with Gasteiger partial charge in [-0.25, -0.2) is 8.42 Å².